The van der Waals surface area contributed by atoms with E-state index in [-0.39, 0.29) is 16.6 Å². The molecule has 0 bridgehead atoms. The summed E-state index contributed by atoms with van der Waals surface area (Å²) in [6, 6.07) is 18.6. The highest BCUT2D eigenvalue weighted by Crippen LogP contribution is 2.29. The molecule has 0 saturated carbocycles. The molecule has 3 rings (SSSR count). The van der Waals surface area contributed by atoms with Crippen molar-refractivity contribution in [3.63, 3.8) is 0 Å². The molecule has 1 amide bonds. The maximum absolute atomic E-state index is 11.5. The SMILES string of the molecule is C[C@@H](Sc1nnc(-c2ccc(C(C)(C)C)cc2)n1Cc1ccccc1)C(N)=O. The molecular weight excluding hydrogens is 368 g/mol. The van der Waals surface area contributed by atoms with E-state index >= 15 is 0 Å². The van der Waals surface area contributed by atoms with Gasteiger partial charge in [-0.2, -0.15) is 0 Å². The van der Waals surface area contributed by atoms with E-state index in [2.05, 4.69) is 67.4 Å². The zero-order valence-corrected chi connectivity index (χ0v) is 17.5. The van der Waals surface area contributed by atoms with Gasteiger partial charge in [-0.15, -0.1) is 10.2 Å². The molecule has 6 heteroatoms. The van der Waals surface area contributed by atoms with E-state index in [1.165, 1.54) is 17.3 Å². The van der Waals surface area contributed by atoms with Crippen molar-refractivity contribution in [2.24, 2.45) is 5.73 Å². The van der Waals surface area contributed by atoms with Crippen molar-refractivity contribution in [1.29, 1.82) is 0 Å². The molecule has 0 aliphatic carbocycles. The minimum absolute atomic E-state index is 0.0914. The first kappa shape index (κ1) is 20.1. The number of carbonyl (C=O) groups excluding carboxylic acids is 1. The van der Waals surface area contributed by atoms with E-state index in [1.807, 2.05) is 22.8 Å². The van der Waals surface area contributed by atoms with Crippen LogP contribution in [0.2, 0.25) is 0 Å². The van der Waals surface area contributed by atoms with Gasteiger partial charge in [-0.1, -0.05) is 87.1 Å². The second kappa shape index (κ2) is 8.19. The fourth-order valence-corrected chi connectivity index (χ4v) is 3.63. The number of hydrogen-bond acceptors (Lipinski definition) is 4. The Bertz CT molecular complexity index is 943. The van der Waals surface area contributed by atoms with Gasteiger partial charge in [0.2, 0.25) is 5.91 Å². The Balaban J connectivity index is 2.00. The average Bonchev–Trinajstić information content (AvgIpc) is 3.04. The Labute approximate surface area is 170 Å². The Morgan fingerprint density at radius 2 is 1.71 bits per heavy atom. The van der Waals surface area contributed by atoms with Crippen LogP contribution in [0.5, 0.6) is 0 Å². The van der Waals surface area contributed by atoms with Crippen molar-refractivity contribution in [3.05, 3.63) is 65.7 Å². The normalized spacial score (nSPS) is 12.7. The maximum atomic E-state index is 11.5. The Hall–Kier alpha value is -2.60. The monoisotopic (exact) mass is 394 g/mol. The van der Waals surface area contributed by atoms with Crippen LogP contribution < -0.4 is 5.73 Å². The number of nitrogens with zero attached hydrogens (tertiary/aromatic N) is 3. The molecule has 5 nitrogen and oxygen atoms in total. The molecule has 0 fully saturated rings. The third-order valence-corrected chi connectivity index (χ3v) is 5.69. The van der Waals surface area contributed by atoms with Gasteiger partial charge in [-0.3, -0.25) is 9.36 Å². The first-order valence-corrected chi connectivity index (χ1v) is 10.2. The summed E-state index contributed by atoms with van der Waals surface area (Å²) in [5.41, 5.74) is 8.94. The Morgan fingerprint density at radius 3 is 2.29 bits per heavy atom. The van der Waals surface area contributed by atoms with Crippen molar-refractivity contribution in [3.8, 4) is 11.4 Å². The summed E-state index contributed by atoms with van der Waals surface area (Å²) in [4.78, 5) is 11.5. The van der Waals surface area contributed by atoms with Crippen LogP contribution in [0.3, 0.4) is 0 Å². The first-order chi connectivity index (χ1) is 13.3. The molecule has 0 saturated heterocycles. The van der Waals surface area contributed by atoms with Crippen molar-refractivity contribution in [2.45, 2.75) is 50.1 Å². The van der Waals surface area contributed by atoms with Crippen LogP contribution in [0.4, 0.5) is 0 Å². The van der Waals surface area contributed by atoms with Crippen LogP contribution in [-0.4, -0.2) is 25.9 Å². The molecule has 146 valence electrons. The number of thioether (sulfide) groups is 1. The van der Waals surface area contributed by atoms with E-state index in [0.717, 1.165) is 17.0 Å². The minimum Gasteiger partial charge on any atom is -0.369 e. The number of hydrogen-bond donors (Lipinski definition) is 1. The molecule has 0 radical (unpaired) electrons. The van der Waals surface area contributed by atoms with Crippen LogP contribution in [-0.2, 0) is 16.8 Å². The zero-order valence-electron chi connectivity index (χ0n) is 16.7. The summed E-state index contributed by atoms with van der Waals surface area (Å²) in [7, 11) is 0. The standard InChI is InChI=1S/C22H26N4OS/c1-15(19(23)27)28-21-25-24-20(26(21)14-16-8-6-5-7-9-16)17-10-12-18(13-11-17)22(2,3)4/h5-13,15H,14H2,1-4H3,(H2,23,27)/t15-/m1/s1. The molecule has 0 aliphatic heterocycles. The van der Waals surface area contributed by atoms with E-state index in [1.54, 1.807) is 6.92 Å². The van der Waals surface area contributed by atoms with Crippen LogP contribution in [0, 0.1) is 0 Å². The van der Waals surface area contributed by atoms with Crippen LogP contribution in [0.15, 0.2) is 59.8 Å². The number of amides is 1. The topological polar surface area (TPSA) is 73.8 Å². The van der Waals surface area contributed by atoms with Crippen molar-refractivity contribution in [2.75, 3.05) is 0 Å². The summed E-state index contributed by atoms with van der Waals surface area (Å²) in [5, 5.41) is 9.08. The molecule has 1 aromatic heterocycles. The molecule has 3 aromatic rings. The fraction of sp³-hybridized carbons (Fsp3) is 0.318. The average molecular weight is 395 g/mol. The molecule has 1 atom stereocenters. The van der Waals surface area contributed by atoms with Gasteiger partial charge in [-0.25, -0.2) is 0 Å². The van der Waals surface area contributed by atoms with Gasteiger partial charge in [0.15, 0.2) is 11.0 Å². The summed E-state index contributed by atoms with van der Waals surface area (Å²) >= 11 is 1.34. The lowest BCUT2D eigenvalue weighted by molar-refractivity contribution is -0.117. The second-order valence-corrected chi connectivity index (χ2v) is 9.18. The van der Waals surface area contributed by atoms with E-state index in [9.17, 15) is 4.79 Å². The lowest BCUT2D eigenvalue weighted by atomic mass is 9.87. The summed E-state index contributed by atoms with van der Waals surface area (Å²) < 4.78 is 2.05. The third kappa shape index (κ3) is 4.62. The predicted octanol–water partition coefficient (Wildman–Crippen LogP) is 4.26. The summed E-state index contributed by atoms with van der Waals surface area (Å²) in [6.45, 7) is 8.99. The summed E-state index contributed by atoms with van der Waals surface area (Å²) in [6.07, 6.45) is 0. The third-order valence-electron chi connectivity index (χ3n) is 4.59. The molecule has 0 spiro atoms. The molecule has 0 aliphatic rings. The van der Waals surface area contributed by atoms with E-state index in [4.69, 9.17) is 5.73 Å². The molecule has 2 N–H and O–H groups in total. The second-order valence-electron chi connectivity index (χ2n) is 7.87. The van der Waals surface area contributed by atoms with Gasteiger partial charge in [0.1, 0.15) is 0 Å². The predicted molar refractivity (Wildman–Crippen MR) is 114 cm³/mol. The highest BCUT2D eigenvalue weighted by atomic mass is 32.2. The molecule has 28 heavy (non-hydrogen) atoms. The quantitative estimate of drug-likeness (QED) is 0.634. The van der Waals surface area contributed by atoms with Crippen LogP contribution in [0.1, 0.15) is 38.8 Å². The van der Waals surface area contributed by atoms with Gasteiger partial charge < -0.3 is 5.73 Å². The highest BCUT2D eigenvalue weighted by Gasteiger charge is 2.20. The maximum Gasteiger partial charge on any atom is 0.230 e. The van der Waals surface area contributed by atoms with Crippen molar-refractivity contribution < 1.29 is 4.79 Å². The van der Waals surface area contributed by atoms with Gasteiger partial charge in [-0.05, 0) is 23.5 Å². The molecule has 2 aromatic carbocycles. The zero-order chi connectivity index (χ0) is 20.3. The largest absolute Gasteiger partial charge is 0.369 e. The molecule has 0 unspecified atom stereocenters. The number of benzene rings is 2. The smallest absolute Gasteiger partial charge is 0.230 e. The Kier molecular flexibility index (Phi) is 5.89. The minimum atomic E-state index is -0.380. The van der Waals surface area contributed by atoms with Gasteiger partial charge in [0.25, 0.3) is 0 Å². The summed E-state index contributed by atoms with van der Waals surface area (Å²) in [5.74, 6) is 0.416. The number of nitrogens with two attached hydrogens (primary N) is 1. The van der Waals surface area contributed by atoms with Gasteiger partial charge in [0, 0.05) is 5.56 Å². The van der Waals surface area contributed by atoms with Crippen molar-refractivity contribution >= 4 is 17.7 Å². The lowest BCUT2D eigenvalue weighted by Gasteiger charge is -2.19. The number of primary amides is 1. The van der Waals surface area contributed by atoms with Crippen LogP contribution in [0.25, 0.3) is 11.4 Å². The first-order valence-electron chi connectivity index (χ1n) is 9.29. The van der Waals surface area contributed by atoms with E-state index in [0.29, 0.717) is 11.7 Å². The number of rotatable bonds is 6. The van der Waals surface area contributed by atoms with Crippen molar-refractivity contribution in [1.82, 2.24) is 14.8 Å². The van der Waals surface area contributed by atoms with Gasteiger partial charge >= 0.3 is 0 Å². The van der Waals surface area contributed by atoms with Crippen LogP contribution >= 0.6 is 11.8 Å². The fourth-order valence-electron chi connectivity index (χ4n) is 2.83. The number of carbonyl (C=O) groups is 1. The lowest BCUT2D eigenvalue weighted by Crippen LogP contribution is -2.23. The highest BCUT2D eigenvalue weighted by molar-refractivity contribution is 8.00. The molecular formula is C22H26N4OS. The Morgan fingerprint density at radius 1 is 1.07 bits per heavy atom. The van der Waals surface area contributed by atoms with Gasteiger partial charge in [0.05, 0.1) is 11.8 Å². The van der Waals surface area contributed by atoms with E-state index < -0.39 is 0 Å². The molecule has 1 heterocycles. The number of aromatic nitrogens is 3.